The van der Waals surface area contributed by atoms with Crippen molar-refractivity contribution in [1.82, 2.24) is 24.9 Å². The lowest BCUT2D eigenvalue weighted by Gasteiger charge is -2.29. The van der Waals surface area contributed by atoms with Crippen LogP contribution >= 0.6 is 0 Å². The maximum atomic E-state index is 4.86. The normalized spacial score (nSPS) is 13.6. The van der Waals surface area contributed by atoms with Gasteiger partial charge in [0.05, 0.1) is 11.2 Å². The summed E-state index contributed by atoms with van der Waals surface area (Å²) in [6, 6.07) is 12.4. The molecule has 27 heavy (non-hydrogen) atoms. The van der Waals surface area contributed by atoms with Gasteiger partial charge in [-0.1, -0.05) is 12.1 Å². The lowest BCUT2D eigenvalue weighted by Crippen LogP contribution is -2.31. The van der Waals surface area contributed by atoms with E-state index in [4.69, 9.17) is 4.98 Å². The predicted molar refractivity (Wildman–Crippen MR) is 104 cm³/mol. The first-order valence-electron chi connectivity index (χ1n) is 9.01. The minimum absolute atomic E-state index is 0.564. The fraction of sp³-hybridized carbons (Fsp3) is 0.190. The number of aromatic nitrogens is 5. The van der Waals surface area contributed by atoms with Crippen molar-refractivity contribution in [3.8, 4) is 11.6 Å². The Hall–Kier alpha value is -3.41. The van der Waals surface area contributed by atoms with Crippen molar-refractivity contribution >= 4 is 16.7 Å². The molecule has 0 radical (unpaired) electrons. The van der Waals surface area contributed by atoms with Gasteiger partial charge in [0.1, 0.15) is 5.82 Å². The molecule has 4 heterocycles. The predicted octanol–water partition coefficient (Wildman–Crippen LogP) is 3.35. The number of hydrogen-bond donors (Lipinski definition) is 0. The average molecular weight is 354 g/mol. The fourth-order valence-electron chi connectivity index (χ4n) is 3.43. The number of aryl methyl sites for hydroxylation is 1. The molecular weight excluding hydrogens is 336 g/mol. The standard InChI is InChI=1S/C21H18N6/c1-14-3-4-15-5-6-19(25-18(15)11-14)27-10-7-17-16(13-27)12-24-21(26-17)20-22-8-2-9-23-20/h2-6,8-9,11-12H,7,10,13H2,1H3. The highest BCUT2D eigenvalue weighted by Gasteiger charge is 2.20. The highest BCUT2D eigenvalue weighted by atomic mass is 15.2. The Kier molecular flexibility index (Phi) is 3.74. The van der Waals surface area contributed by atoms with E-state index < -0.39 is 0 Å². The van der Waals surface area contributed by atoms with Crippen LogP contribution < -0.4 is 4.90 Å². The van der Waals surface area contributed by atoms with Gasteiger partial charge in [0.25, 0.3) is 0 Å². The van der Waals surface area contributed by atoms with Gasteiger partial charge < -0.3 is 4.90 Å². The van der Waals surface area contributed by atoms with E-state index in [-0.39, 0.29) is 0 Å². The second-order valence-corrected chi connectivity index (χ2v) is 6.78. The molecule has 1 aliphatic rings. The van der Waals surface area contributed by atoms with Crippen molar-refractivity contribution in [2.75, 3.05) is 11.4 Å². The van der Waals surface area contributed by atoms with Gasteiger partial charge in [-0.25, -0.2) is 24.9 Å². The summed E-state index contributed by atoms with van der Waals surface area (Å²) in [7, 11) is 0. The van der Waals surface area contributed by atoms with Crippen LogP contribution in [0.25, 0.3) is 22.6 Å². The fourth-order valence-corrected chi connectivity index (χ4v) is 3.43. The summed E-state index contributed by atoms with van der Waals surface area (Å²) in [5, 5.41) is 1.16. The van der Waals surface area contributed by atoms with Crippen molar-refractivity contribution < 1.29 is 0 Å². The maximum Gasteiger partial charge on any atom is 0.197 e. The summed E-state index contributed by atoms with van der Waals surface area (Å²) in [6.45, 7) is 3.73. The van der Waals surface area contributed by atoms with Gasteiger partial charge in [-0.3, -0.25) is 0 Å². The van der Waals surface area contributed by atoms with E-state index in [9.17, 15) is 0 Å². The molecule has 6 nitrogen and oxygen atoms in total. The Balaban J connectivity index is 1.44. The van der Waals surface area contributed by atoms with Crippen molar-refractivity contribution in [2.24, 2.45) is 0 Å². The van der Waals surface area contributed by atoms with E-state index >= 15 is 0 Å². The summed E-state index contributed by atoms with van der Waals surface area (Å²) < 4.78 is 0. The second-order valence-electron chi connectivity index (χ2n) is 6.78. The molecule has 0 unspecified atom stereocenters. The van der Waals surface area contributed by atoms with Crippen LogP contribution in [0.5, 0.6) is 0 Å². The van der Waals surface area contributed by atoms with Gasteiger partial charge >= 0.3 is 0 Å². The largest absolute Gasteiger partial charge is 0.352 e. The van der Waals surface area contributed by atoms with Crippen LogP contribution in [-0.4, -0.2) is 31.5 Å². The summed E-state index contributed by atoms with van der Waals surface area (Å²) in [4.78, 5) is 24.8. The minimum Gasteiger partial charge on any atom is -0.352 e. The average Bonchev–Trinajstić information content (AvgIpc) is 2.73. The SMILES string of the molecule is Cc1ccc2ccc(N3CCc4nc(-c5ncccn5)ncc4C3)nc2c1. The van der Waals surface area contributed by atoms with Crippen LogP contribution in [0.4, 0.5) is 5.82 Å². The van der Waals surface area contributed by atoms with Gasteiger partial charge in [-0.2, -0.15) is 0 Å². The molecule has 5 rings (SSSR count). The summed E-state index contributed by atoms with van der Waals surface area (Å²) in [5.41, 5.74) is 4.46. The third-order valence-corrected chi connectivity index (χ3v) is 4.86. The van der Waals surface area contributed by atoms with Crippen LogP contribution in [0.3, 0.4) is 0 Å². The number of rotatable bonds is 2. The first-order valence-corrected chi connectivity index (χ1v) is 9.01. The minimum atomic E-state index is 0.564. The van der Waals surface area contributed by atoms with Gasteiger partial charge in [0, 0.05) is 49.1 Å². The third kappa shape index (κ3) is 2.99. The maximum absolute atomic E-state index is 4.86. The molecule has 0 bridgehead atoms. The van der Waals surface area contributed by atoms with Crippen LogP contribution in [0.1, 0.15) is 16.8 Å². The first-order chi connectivity index (χ1) is 13.3. The molecular formula is C21H18N6. The number of anilines is 1. The van der Waals surface area contributed by atoms with Crippen LogP contribution in [-0.2, 0) is 13.0 Å². The summed E-state index contributed by atoms with van der Waals surface area (Å²) in [5.74, 6) is 2.14. The van der Waals surface area contributed by atoms with Crippen molar-refractivity contribution in [1.29, 1.82) is 0 Å². The zero-order chi connectivity index (χ0) is 18.2. The molecule has 1 aliphatic heterocycles. The highest BCUT2D eigenvalue weighted by Crippen LogP contribution is 2.25. The molecule has 0 saturated heterocycles. The number of benzene rings is 1. The smallest absolute Gasteiger partial charge is 0.197 e. The molecule has 4 aromatic rings. The zero-order valence-electron chi connectivity index (χ0n) is 15.0. The van der Waals surface area contributed by atoms with Crippen molar-refractivity contribution in [3.63, 3.8) is 0 Å². The molecule has 132 valence electrons. The lowest BCUT2D eigenvalue weighted by molar-refractivity contribution is 0.698. The summed E-state index contributed by atoms with van der Waals surface area (Å²) in [6.07, 6.45) is 6.16. The van der Waals surface area contributed by atoms with E-state index in [0.717, 1.165) is 47.5 Å². The highest BCUT2D eigenvalue weighted by molar-refractivity contribution is 5.81. The Morgan fingerprint density at radius 3 is 2.67 bits per heavy atom. The molecule has 3 aromatic heterocycles. The number of pyridine rings is 1. The van der Waals surface area contributed by atoms with Gasteiger partial charge in [-0.15, -0.1) is 0 Å². The van der Waals surface area contributed by atoms with E-state index in [0.29, 0.717) is 11.6 Å². The number of hydrogen-bond acceptors (Lipinski definition) is 6. The number of nitrogens with zero attached hydrogens (tertiary/aromatic N) is 6. The lowest BCUT2D eigenvalue weighted by atomic mass is 10.1. The van der Waals surface area contributed by atoms with E-state index in [1.807, 2.05) is 6.20 Å². The van der Waals surface area contributed by atoms with Crippen LogP contribution in [0.15, 0.2) is 55.0 Å². The van der Waals surface area contributed by atoms with Gasteiger partial charge in [0.15, 0.2) is 11.6 Å². The topological polar surface area (TPSA) is 67.7 Å². The molecule has 0 aliphatic carbocycles. The quantitative estimate of drug-likeness (QED) is 0.550. The Bertz CT molecular complexity index is 1130. The Labute approximate surface area is 157 Å². The molecule has 1 aromatic carbocycles. The second kappa shape index (κ2) is 6.39. The van der Waals surface area contributed by atoms with Crippen molar-refractivity contribution in [2.45, 2.75) is 19.9 Å². The molecule has 0 fully saturated rings. The molecule has 0 amide bonds. The van der Waals surface area contributed by atoms with Crippen LogP contribution in [0, 0.1) is 6.92 Å². The number of fused-ring (bicyclic) bond motifs is 2. The van der Waals surface area contributed by atoms with E-state index in [1.165, 1.54) is 5.56 Å². The molecule has 0 atom stereocenters. The molecule has 0 N–H and O–H groups in total. The third-order valence-electron chi connectivity index (χ3n) is 4.86. The van der Waals surface area contributed by atoms with Crippen molar-refractivity contribution in [3.05, 3.63) is 71.8 Å². The summed E-state index contributed by atoms with van der Waals surface area (Å²) >= 11 is 0. The zero-order valence-corrected chi connectivity index (χ0v) is 15.0. The first kappa shape index (κ1) is 15.8. The van der Waals surface area contributed by atoms with Crippen LogP contribution in [0.2, 0.25) is 0 Å². The molecule has 0 spiro atoms. The molecule has 6 heteroatoms. The van der Waals surface area contributed by atoms with E-state index in [2.05, 4.69) is 62.1 Å². The van der Waals surface area contributed by atoms with Gasteiger partial charge in [-0.05, 0) is 36.8 Å². The van der Waals surface area contributed by atoms with E-state index in [1.54, 1.807) is 18.5 Å². The molecule has 0 saturated carbocycles. The monoisotopic (exact) mass is 354 g/mol. The van der Waals surface area contributed by atoms with Gasteiger partial charge in [0.2, 0.25) is 0 Å². The Morgan fingerprint density at radius 2 is 1.78 bits per heavy atom. The Morgan fingerprint density at radius 1 is 0.926 bits per heavy atom.